The van der Waals surface area contributed by atoms with E-state index in [2.05, 4.69) is 20.8 Å². The SMILES string of the molecule is CC(C)(C)c1cc(C(C)(C)C)c([As](F)F)c(C(C)(C)C)c1. The third-order valence-electron chi connectivity index (χ3n) is 3.76. The number of benzene rings is 1. The van der Waals surface area contributed by atoms with Crippen molar-refractivity contribution in [2.75, 3.05) is 0 Å². The molecule has 1 aromatic rings. The Morgan fingerprint density at radius 2 is 1.00 bits per heavy atom. The molecule has 0 heterocycles. The average Bonchev–Trinajstić information content (AvgIpc) is 2.23. The summed E-state index contributed by atoms with van der Waals surface area (Å²) in [6.07, 6.45) is 0. The minimum atomic E-state index is -3.95. The summed E-state index contributed by atoms with van der Waals surface area (Å²) in [5.41, 5.74) is 2.26. The van der Waals surface area contributed by atoms with E-state index < -0.39 is 15.6 Å². The van der Waals surface area contributed by atoms with Gasteiger partial charge >= 0.3 is 134 Å². The van der Waals surface area contributed by atoms with Gasteiger partial charge in [-0.05, 0) is 0 Å². The van der Waals surface area contributed by atoms with E-state index in [1.807, 2.05) is 53.7 Å². The molecule has 0 radical (unpaired) electrons. The number of halogens is 2. The van der Waals surface area contributed by atoms with Gasteiger partial charge in [0.1, 0.15) is 0 Å². The van der Waals surface area contributed by atoms with Crippen LogP contribution >= 0.6 is 0 Å². The van der Waals surface area contributed by atoms with E-state index in [0.29, 0.717) is 4.35 Å². The topological polar surface area (TPSA) is 0 Å². The summed E-state index contributed by atoms with van der Waals surface area (Å²) >= 11 is -3.95. The van der Waals surface area contributed by atoms with E-state index >= 15 is 0 Å². The molecule has 1 aromatic carbocycles. The Balaban J connectivity index is 3.85. The van der Waals surface area contributed by atoms with Crippen molar-refractivity contribution in [3.63, 3.8) is 0 Å². The first-order valence-corrected chi connectivity index (χ1v) is 9.82. The molecule has 120 valence electrons. The molecule has 0 aliphatic heterocycles. The maximum atomic E-state index is 13.9. The van der Waals surface area contributed by atoms with E-state index in [0.717, 1.165) is 16.7 Å². The molecular weight excluding hydrogens is 329 g/mol. The molecule has 0 bridgehead atoms. The second-order valence-electron chi connectivity index (χ2n) is 8.90. The molecule has 1 rings (SSSR count). The van der Waals surface area contributed by atoms with Crippen molar-refractivity contribution in [1.29, 1.82) is 0 Å². The van der Waals surface area contributed by atoms with Crippen LogP contribution in [0.5, 0.6) is 0 Å². The van der Waals surface area contributed by atoms with Crippen LogP contribution in [-0.2, 0) is 16.2 Å². The van der Waals surface area contributed by atoms with Crippen molar-refractivity contribution in [2.45, 2.75) is 78.6 Å². The first-order chi connectivity index (χ1) is 9.15. The first-order valence-electron chi connectivity index (χ1n) is 7.47. The van der Waals surface area contributed by atoms with Gasteiger partial charge in [-0.15, -0.1) is 0 Å². The van der Waals surface area contributed by atoms with Crippen molar-refractivity contribution in [3.8, 4) is 0 Å². The fraction of sp³-hybridized carbons (Fsp3) is 0.667. The molecule has 0 spiro atoms. The van der Waals surface area contributed by atoms with Gasteiger partial charge in [-0.2, -0.15) is 0 Å². The summed E-state index contributed by atoms with van der Waals surface area (Å²) in [5.74, 6) is 0. The van der Waals surface area contributed by atoms with Crippen LogP contribution in [0.15, 0.2) is 12.1 Å². The van der Waals surface area contributed by atoms with E-state index in [4.69, 9.17) is 0 Å². The molecule has 0 saturated heterocycles. The van der Waals surface area contributed by atoms with Gasteiger partial charge < -0.3 is 0 Å². The fourth-order valence-electron chi connectivity index (χ4n) is 2.39. The third kappa shape index (κ3) is 4.31. The Morgan fingerprint density at radius 3 is 1.19 bits per heavy atom. The summed E-state index contributed by atoms with van der Waals surface area (Å²) in [5, 5.41) is 0. The van der Waals surface area contributed by atoms with Gasteiger partial charge in [-0.25, -0.2) is 0 Å². The molecule has 0 aromatic heterocycles. The number of hydrogen-bond acceptors (Lipinski definition) is 0. The zero-order valence-electron chi connectivity index (χ0n) is 14.9. The molecule has 0 amide bonds. The predicted octanol–water partition coefficient (Wildman–Crippen LogP) is 5.21. The Labute approximate surface area is 134 Å². The Morgan fingerprint density at radius 1 is 0.667 bits per heavy atom. The summed E-state index contributed by atoms with van der Waals surface area (Å²) in [6.45, 7) is 18.6. The van der Waals surface area contributed by atoms with Crippen LogP contribution in [0.25, 0.3) is 0 Å². The molecule has 0 atom stereocenters. The van der Waals surface area contributed by atoms with Gasteiger partial charge in [0.25, 0.3) is 0 Å². The maximum absolute atomic E-state index is 13.9. The van der Waals surface area contributed by atoms with Crippen LogP contribution in [0.2, 0.25) is 0 Å². The van der Waals surface area contributed by atoms with Gasteiger partial charge in [0.05, 0.1) is 0 Å². The summed E-state index contributed by atoms with van der Waals surface area (Å²) in [7, 11) is 0. The van der Waals surface area contributed by atoms with Crippen molar-refractivity contribution in [3.05, 3.63) is 28.8 Å². The fourth-order valence-corrected chi connectivity index (χ4v) is 4.84. The monoisotopic (exact) mass is 358 g/mol. The van der Waals surface area contributed by atoms with Gasteiger partial charge in [0, 0.05) is 0 Å². The number of hydrogen-bond donors (Lipinski definition) is 0. The molecular formula is C18H29AsF2. The molecule has 0 saturated carbocycles. The second-order valence-corrected chi connectivity index (χ2v) is 10.8. The molecule has 0 aliphatic rings. The molecule has 0 unspecified atom stereocenters. The summed E-state index contributed by atoms with van der Waals surface area (Å²) < 4.78 is 28.2. The van der Waals surface area contributed by atoms with Gasteiger partial charge in [0.2, 0.25) is 0 Å². The van der Waals surface area contributed by atoms with Crippen LogP contribution in [0, 0.1) is 0 Å². The standard InChI is InChI=1S/C18H29AsF2/c1-16(2,3)12-10-13(17(4,5)6)15(19(20)21)14(11-12)18(7,8)9/h10-11H,1-9H3. The van der Waals surface area contributed by atoms with Crippen molar-refractivity contribution in [2.24, 2.45) is 0 Å². The first kappa shape index (κ1) is 18.7. The average molecular weight is 358 g/mol. The Bertz CT molecular complexity index is 476. The van der Waals surface area contributed by atoms with Crippen LogP contribution in [0.1, 0.15) is 79.0 Å². The quantitative estimate of drug-likeness (QED) is 0.605. The number of rotatable bonds is 1. The van der Waals surface area contributed by atoms with Gasteiger partial charge in [0.15, 0.2) is 0 Å². The molecule has 21 heavy (non-hydrogen) atoms. The van der Waals surface area contributed by atoms with Gasteiger partial charge in [-0.3, -0.25) is 0 Å². The van der Waals surface area contributed by atoms with Crippen molar-refractivity contribution >= 4 is 19.9 Å². The normalized spacial score (nSPS) is 13.9. The third-order valence-corrected chi connectivity index (χ3v) is 5.48. The summed E-state index contributed by atoms with van der Waals surface area (Å²) in [6, 6.07) is 4.04. The molecule has 0 nitrogen and oxygen atoms in total. The predicted molar refractivity (Wildman–Crippen MR) is 90.1 cm³/mol. The molecule has 3 heteroatoms. The van der Waals surface area contributed by atoms with Crippen LogP contribution < -0.4 is 4.35 Å². The van der Waals surface area contributed by atoms with Crippen molar-refractivity contribution in [1.82, 2.24) is 0 Å². The van der Waals surface area contributed by atoms with Crippen LogP contribution in [-0.4, -0.2) is 15.6 Å². The zero-order chi connectivity index (χ0) is 16.8. The minimum absolute atomic E-state index is 0.0387. The molecule has 0 fully saturated rings. The zero-order valence-corrected chi connectivity index (χ0v) is 16.7. The van der Waals surface area contributed by atoms with Crippen molar-refractivity contribution < 1.29 is 6.93 Å². The second kappa shape index (κ2) is 5.69. The Kier molecular flexibility index (Phi) is 5.06. The Hall–Kier alpha value is -0.362. The molecule has 0 aliphatic carbocycles. The molecule has 0 N–H and O–H groups in total. The van der Waals surface area contributed by atoms with E-state index in [-0.39, 0.29) is 16.2 Å². The van der Waals surface area contributed by atoms with Gasteiger partial charge in [-0.1, -0.05) is 0 Å². The van der Waals surface area contributed by atoms with Crippen LogP contribution in [0.3, 0.4) is 0 Å². The van der Waals surface area contributed by atoms with E-state index in [1.54, 1.807) is 0 Å². The van der Waals surface area contributed by atoms with Crippen LogP contribution in [0.4, 0.5) is 6.93 Å². The summed E-state index contributed by atoms with van der Waals surface area (Å²) in [4.78, 5) is 0. The van der Waals surface area contributed by atoms with E-state index in [9.17, 15) is 6.93 Å². The van der Waals surface area contributed by atoms with E-state index in [1.165, 1.54) is 0 Å².